The zero-order valence-corrected chi connectivity index (χ0v) is 12.5. The summed E-state index contributed by atoms with van der Waals surface area (Å²) < 4.78 is 0. The van der Waals surface area contributed by atoms with E-state index in [1.807, 2.05) is 19.1 Å². The summed E-state index contributed by atoms with van der Waals surface area (Å²) in [5.41, 5.74) is 2.64. The number of hydrogen-bond donors (Lipinski definition) is 2. The van der Waals surface area contributed by atoms with Crippen molar-refractivity contribution in [2.75, 3.05) is 13.1 Å². The Balaban J connectivity index is 2.15. The molecule has 3 nitrogen and oxygen atoms in total. The standard InChI is InChI=1S/C15H21ClN2O/c1-4-17-13(19)9-18-14-12-7-11(16)6-5-10(12)8-15(14,2)3/h5-7,14,18H,4,8-9H2,1-3H3,(H,17,19). The average Bonchev–Trinajstić information content (AvgIpc) is 2.57. The van der Waals surface area contributed by atoms with Gasteiger partial charge in [-0.3, -0.25) is 4.79 Å². The van der Waals surface area contributed by atoms with Crippen molar-refractivity contribution in [3.8, 4) is 0 Å². The number of rotatable bonds is 4. The van der Waals surface area contributed by atoms with E-state index in [1.165, 1.54) is 11.1 Å². The van der Waals surface area contributed by atoms with Gasteiger partial charge in [-0.05, 0) is 42.0 Å². The van der Waals surface area contributed by atoms with Crippen LogP contribution in [-0.2, 0) is 11.2 Å². The van der Waals surface area contributed by atoms with Crippen LogP contribution in [-0.4, -0.2) is 19.0 Å². The van der Waals surface area contributed by atoms with Crippen LogP contribution in [0.2, 0.25) is 5.02 Å². The quantitative estimate of drug-likeness (QED) is 0.890. The van der Waals surface area contributed by atoms with Crippen LogP contribution in [0.25, 0.3) is 0 Å². The van der Waals surface area contributed by atoms with Gasteiger partial charge < -0.3 is 10.6 Å². The van der Waals surface area contributed by atoms with E-state index in [0.29, 0.717) is 13.1 Å². The second-order valence-electron chi connectivity index (χ2n) is 5.78. The molecule has 0 spiro atoms. The predicted molar refractivity (Wildman–Crippen MR) is 78.4 cm³/mol. The monoisotopic (exact) mass is 280 g/mol. The summed E-state index contributed by atoms with van der Waals surface area (Å²) in [5, 5.41) is 6.93. The lowest BCUT2D eigenvalue weighted by Gasteiger charge is -2.28. The summed E-state index contributed by atoms with van der Waals surface area (Å²) in [5.74, 6) is 0.0359. The minimum atomic E-state index is 0.0359. The first-order valence-corrected chi connectivity index (χ1v) is 7.10. The minimum absolute atomic E-state index is 0.0359. The van der Waals surface area contributed by atoms with E-state index in [9.17, 15) is 4.79 Å². The van der Waals surface area contributed by atoms with Gasteiger partial charge in [-0.15, -0.1) is 0 Å². The Morgan fingerprint density at radius 2 is 2.21 bits per heavy atom. The number of hydrogen-bond acceptors (Lipinski definition) is 2. The normalized spacial score (nSPS) is 20.1. The van der Waals surface area contributed by atoms with Crippen LogP contribution in [0.1, 0.15) is 37.9 Å². The molecule has 0 saturated carbocycles. The Morgan fingerprint density at radius 3 is 2.89 bits per heavy atom. The summed E-state index contributed by atoms with van der Waals surface area (Å²) in [6.07, 6.45) is 1.01. The number of benzene rings is 1. The fourth-order valence-electron chi connectivity index (χ4n) is 2.85. The number of likely N-dealkylation sites (N-methyl/N-ethyl adjacent to an activating group) is 1. The van der Waals surface area contributed by atoms with E-state index in [-0.39, 0.29) is 17.4 Å². The molecule has 104 valence electrons. The maximum absolute atomic E-state index is 11.6. The second-order valence-corrected chi connectivity index (χ2v) is 6.21. The van der Waals surface area contributed by atoms with Gasteiger partial charge >= 0.3 is 0 Å². The van der Waals surface area contributed by atoms with E-state index in [0.717, 1.165) is 11.4 Å². The van der Waals surface area contributed by atoms with E-state index >= 15 is 0 Å². The molecule has 1 aliphatic rings. The Kier molecular flexibility index (Phi) is 4.16. The lowest BCUT2D eigenvalue weighted by Crippen LogP contribution is -2.39. The van der Waals surface area contributed by atoms with Crippen LogP contribution in [0.5, 0.6) is 0 Å². The van der Waals surface area contributed by atoms with E-state index in [4.69, 9.17) is 11.6 Å². The smallest absolute Gasteiger partial charge is 0.233 e. The van der Waals surface area contributed by atoms with Gasteiger partial charge in [0.25, 0.3) is 0 Å². The van der Waals surface area contributed by atoms with Gasteiger partial charge in [0, 0.05) is 17.6 Å². The summed E-state index contributed by atoms with van der Waals surface area (Å²) in [6.45, 7) is 7.37. The number of amides is 1. The third kappa shape index (κ3) is 3.10. The van der Waals surface area contributed by atoms with Crippen molar-refractivity contribution in [3.05, 3.63) is 34.3 Å². The minimum Gasteiger partial charge on any atom is -0.355 e. The summed E-state index contributed by atoms with van der Waals surface area (Å²) in [7, 11) is 0. The zero-order chi connectivity index (χ0) is 14.0. The summed E-state index contributed by atoms with van der Waals surface area (Å²) in [4.78, 5) is 11.6. The highest BCUT2D eigenvalue weighted by atomic mass is 35.5. The maximum atomic E-state index is 11.6. The first-order chi connectivity index (χ1) is 8.94. The molecule has 1 amide bonds. The Hall–Kier alpha value is -1.06. The number of fused-ring (bicyclic) bond motifs is 1. The molecule has 0 bridgehead atoms. The third-order valence-corrected chi connectivity index (χ3v) is 3.92. The molecule has 0 heterocycles. The van der Waals surface area contributed by atoms with Crippen molar-refractivity contribution in [1.29, 1.82) is 0 Å². The maximum Gasteiger partial charge on any atom is 0.233 e. The van der Waals surface area contributed by atoms with E-state index < -0.39 is 0 Å². The topological polar surface area (TPSA) is 41.1 Å². The number of carbonyl (C=O) groups excluding carboxylic acids is 1. The molecule has 0 fully saturated rings. The average molecular weight is 281 g/mol. The van der Waals surface area contributed by atoms with Crippen LogP contribution in [0.4, 0.5) is 0 Å². The second kappa shape index (κ2) is 5.51. The Bertz CT molecular complexity index is 485. The largest absolute Gasteiger partial charge is 0.355 e. The molecule has 1 aliphatic carbocycles. The molecule has 2 rings (SSSR count). The molecule has 1 aromatic carbocycles. The highest BCUT2D eigenvalue weighted by Crippen LogP contribution is 2.45. The fourth-order valence-corrected chi connectivity index (χ4v) is 3.03. The number of halogens is 1. The molecule has 1 unspecified atom stereocenters. The lowest BCUT2D eigenvalue weighted by molar-refractivity contribution is -0.120. The summed E-state index contributed by atoms with van der Waals surface area (Å²) >= 11 is 6.09. The van der Waals surface area contributed by atoms with Gasteiger partial charge in [-0.1, -0.05) is 31.5 Å². The molecule has 0 aliphatic heterocycles. The molecule has 1 aromatic rings. The Labute approximate surface area is 119 Å². The summed E-state index contributed by atoms with van der Waals surface area (Å²) in [6, 6.07) is 6.21. The van der Waals surface area contributed by atoms with Crippen LogP contribution in [0.3, 0.4) is 0 Å². The van der Waals surface area contributed by atoms with Gasteiger partial charge in [-0.25, -0.2) is 0 Å². The molecule has 19 heavy (non-hydrogen) atoms. The van der Waals surface area contributed by atoms with Crippen molar-refractivity contribution in [2.45, 2.75) is 33.2 Å². The lowest BCUT2D eigenvalue weighted by atomic mass is 9.85. The van der Waals surface area contributed by atoms with E-state index in [1.54, 1.807) is 0 Å². The Morgan fingerprint density at radius 1 is 1.47 bits per heavy atom. The molecule has 0 radical (unpaired) electrons. The van der Waals surface area contributed by atoms with Gasteiger partial charge in [0.15, 0.2) is 0 Å². The number of nitrogens with one attached hydrogen (secondary N) is 2. The molecule has 2 N–H and O–H groups in total. The molecule has 0 aromatic heterocycles. The zero-order valence-electron chi connectivity index (χ0n) is 11.7. The predicted octanol–water partition coefficient (Wildman–Crippen LogP) is 2.69. The molecule has 4 heteroatoms. The first kappa shape index (κ1) is 14.4. The van der Waals surface area contributed by atoms with Gasteiger partial charge in [0.2, 0.25) is 5.91 Å². The van der Waals surface area contributed by atoms with Crippen molar-refractivity contribution < 1.29 is 4.79 Å². The van der Waals surface area contributed by atoms with Crippen LogP contribution < -0.4 is 10.6 Å². The molecule has 0 saturated heterocycles. The van der Waals surface area contributed by atoms with Crippen molar-refractivity contribution >= 4 is 17.5 Å². The van der Waals surface area contributed by atoms with Crippen molar-refractivity contribution in [3.63, 3.8) is 0 Å². The van der Waals surface area contributed by atoms with Crippen molar-refractivity contribution in [1.82, 2.24) is 10.6 Å². The van der Waals surface area contributed by atoms with Gasteiger partial charge in [0.1, 0.15) is 0 Å². The number of carbonyl (C=O) groups is 1. The fraction of sp³-hybridized carbons (Fsp3) is 0.533. The van der Waals surface area contributed by atoms with Crippen LogP contribution in [0.15, 0.2) is 18.2 Å². The van der Waals surface area contributed by atoms with Crippen molar-refractivity contribution in [2.24, 2.45) is 5.41 Å². The molecule has 1 atom stereocenters. The molecular weight excluding hydrogens is 260 g/mol. The SMILES string of the molecule is CCNC(=O)CNC1c2cc(Cl)ccc2CC1(C)C. The van der Waals surface area contributed by atoms with Gasteiger partial charge in [0.05, 0.1) is 6.54 Å². The third-order valence-electron chi connectivity index (χ3n) is 3.69. The highest BCUT2D eigenvalue weighted by molar-refractivity contribution is 6.30. The molecular formula is C15H21ClN2O. The van der Waals surface area contributed by atoms with Crippen LogP contribution >= 0.6 is 11.6 Å². The van der Waals surface area contributed by atoms with E-state index in [2.05, 4.69) is 30.5 Å². The van der Waals surface area contributed by atoms with Crippen LogP contribution in [0, 0.1) is 5.41 Å². The highest BCUT2D eigenvalue weighted by Gasteiger charge is 2.38. The van der Waals surface area contributed by atoms with Gasteiger partial charge in [-0.2, -0.15) is 0 Å². The first-order valence-electron chi connectivity index (χ1n) is 6.72.